The highest BCUT2D eigenvalue weighted by Gasteiger charge is 2.29. The lowest BCUT2D eigenvalue weighted by Gasteiger charge is -2.14. The third kappa shape index (κ3) is 5.86. The van der Waals surface area contributed by atoms with Gasteiger partial charge in [-0.05, 0) is 25.5 Å². The highest BCUT2D eigenvalue weighted by atomic mass is 32.2. The smallest absolute Gasteiger partial charge is 0.328 e. The SMILES string of the molecule is C[C@H](NC(=O)c1ccccc1)C(=O)OCC(=O)NC1CCS(=O)(=O)C1. The molecule has 0 aliphatic carbocycles. The normalized spacial score (nSPS) is 19.6. The highest BCUT2D eigenvalue weighted by Crippen LogP contribution is 2.11. The van der Waals surface area contributed by atoms with Crippen LogP contribution in [-0.4, -0.2) is 56.4 Å². The van der Waals surface area contributed by atoms with E-state index in [1.165, 1.54) is 6.92 Å². The maximum absolute atomic E-state index is 11.9. The number of ether oxygens (including phenoxy) is 1. The molecule has 2 atom stereocenters. The molecule has 0 saturated carbocycles. The van der Waals surface area contributed by atoms with Crippen LogP contribution in [0.5, 0.6) is 0 Å². The first-order valence-corrected chi connectivity index (χ1v) is 9.61. The summed E-state index contributed by atoms with van der Waals surface area (Å²) in [7, 11) is -3.10. The number of rotatable bonds is 6. The molecule has 1 aliphatic rings. The van der Waals surface area contributed by atoms with Crippen molar-refractivity contribution in [3.8, 4) is 0 Å². The molecule has 1 aliphatic heterocycles. The molecule has 1 saturated heterocycles. The molecule has 1 heterocycles. The van der Waals surface area contributed by atoms with Crippen LogP contribution in [0, 0.1) is 0 Å². The number of sulfone groups is 1. The van der Waals surface area contributed by atoms with Gasteiger partial charge in [0.15, 0.2) is 16.4 Å². The summed E-state index contributed by atoms with van der Waals surface area (Å²) in [5, 5.41) is 4.99. The molecule has 0 bridgehead atoms. The molecule has 25 heavy (non-hydrogen) atoms. The van der Waals surface area contributed by atoms with Gasteiger partial charge >= 0.3 is 5.97 Å². The molecular weight excluding hydrogens is 348 g/mol. The fraction of sp³-hybridized carbons (Fsp3) is 0.438. The number of nitrogens with one attached hydrogen (secondary N) is 2. The van der Waals surface area contributed by atoms with Gasteiger partial charge in [0.2, 0.25) is 0 Å². The molecular formula is C16H20N2O6S. The Bertz CT molecular complexity index is 747. The summed E-state index contributed by atoms with van der Waals surface area (Å²) >= 11 is 0. The number of carbonyl (C=O) groups excluding carboxylic acids is 3. The summed E-state index contributed by atoms with van der Waals surface area (Å²) in [4.78, 5) is 35.5. The van der Waals surface area contributed by atoms with Crippen molar-refractivity contribution in [3.63, 3.8) is 0 Å². The summed E-state index contributed by atoms with van der Waals surface area (Å²) in [5.41, 5.74) is 0.405. The number of hydrogen-bond acceptors (Lipinski definition) is 6. The molecule has 9 heteroatoms. The van der Waals surface area contributed by atoms with Crippen LogP contribution in [0.3, 0.4) is 0 Å². The van der Waals surface area contributed by atoms with Crippen LogP contribution in [0.2, 0.25) is 0 Å². The summed E-state index contributed by atoms with van der Waals surface area (Å²) in [5.74, 6) is -1.81. The van der Waals surface area contributed by atoms with Crippen LogP contribution in [0.1, 0.15) is 23.7 Å². The maximum Gasteiger partial charge on any atom is 0.328 e. The Morgan fingerprint density at radius 1 is 1.24 bits per heavy atom. The van der Waals surface area contributed by atoms with Gasteiger partial charge in [0.25, 0.3) is 11.8 Å². The van der Waals surface area contributed by atoms with Gasteiger partial charge in [-0.15, -0.1) is 0 Å². The minimum atomic E-state index is -3.10. The average molecular weight is 368 g/mol. The molecule has 0 aromatic heterocycles. The van der Waals surface area contributed by atoms with E-state index in [-0.39, 0.29) is 11.5 Å². The average Bonchev–Trinajstić information content (AvgIpc) is 2.91. The zero-order chi connectivity index (χ0) is 18.4. The molecule has 2 N–H and O–H groups in total. The van der Waals surface area contributed by atoms with E-state index >= 15 is 0 Å². The fourth-order valence-corrected chi connectivity index (χ4v) is 4.04. The topological polar surface area (TPSA) is 119 Å². The Morgan fingerprint density at radius 2 is 1.92 bits per heavy atom. The number of hydrogen-bond donors (Lipinski definition) is 2. The van der Waals surface area contributed by atoms with Gasteiger partial charge in [-0.25, -0.2) is 13.2 Å². The number of esters is 1. The van der Waals surface area contributed by atoms with Crippen molar-refractivity contribution in [2.45, 2.75) is 25.4 Å². The zero-order valence-electron chi connectivity index (χ0n) is 13.7. The molecule has 1 unspecified atom stereocenters. The van der Waals surface area contributed by atoms with E-state index in [2.05, 4.69) is 10.6 Å². The van der Waals surface area contributed by atoms with Crippen LogP contribution >= 0.6 is 0 Å². The fourth-order valence-electron chi connectivity index (χ4n) is 2.37. The molecule has 1 fully saturated rings. The Morgan fingerprint density at radius 3 is 2.52 bits per heavy atom. The Balaban J connectivity index is 1.74. The molecule has 1 aromatic carbocycles. The van der Waals surface area contributed by atoms with E-state index in [1.807, 2.05) is 0 Å². The Hall–Kier alpha value is -2.42. The van der Waals surface area contributed by atoms with Crippen molar-refractivity contribution < 1.29 is 27.5 Å². The molecule has 2 amide bonds. The van der Waals surface area contributed by atoms with Gasteiger partial charge in [-0.1, -0.05) is 18.2 Å². The van der Waals surface area contributed by atoms with Crippen molar-refractivity contribution in [1.29, 1.82) is 0 Å². The van der Waals surface area contributed by atoms with Gasteiger partial charge in [-0.3, -0.25) is 9.59 Å². The summed E-state index contributed by atoms with van der Waals surface area (Å²) < 4.78 is 27.5. The predicted molar refractivity (Wildman–Crippen MR) is 89.5 cm³/mol. The van der Waals surface area contributed by atoms with Crippen LogP contribution in [0.15, 0.2) is 30.3 Å². The Kier molecular flexibility index (Phi) is 6.13. The Labute approximate surface area is 145 Å². The van der Waals surface area contributed by atoms with E-state index in [0.717, 1.165) is 0 Å². The molecule has 0 spiro atoms. The first-order chi connectivity index (χ1) is 11.8. The van der Waals surface area contributed by atoms with E-state index in [4.69, 9.17) is 4.74 Å². The van der Waals surface area contributed by atoms with E-state index < -0.39 is 46.3 Å². The number of carbonyl (C=O) groups is 3. The lowest BCUT2D eigenvalue weighted by molar-refractivity contribution is -0.150. The second kappa shape index (κ2) is 8.11. The number of benzene rings is 1. The van der Waals surface area contributed by atoms with E-state index in [9.17, 15) is 22.8 Å². The van der Waals surface area contributed by atoms with Crippen LogP contribution in [0.25, 0.3) is 0 Å². The minimum absolute atomic E-state index is 0.0420. The van der Waals surface area contributed by atoms with Crippen molar-refractivity contribution in [3.05, 3.63) is 35.9 Å². The summed E-state index contributed by atoms with van der Waals surface area (Å²) in [6.45, 7) is 0.922. The van der Waals surface area contributed by atoms with Gasteiger partial charge in [-0.2, -0.15) is 0 Å². The van der Waals surface area contributed by atoms with Crippen molar-refractivity contribution in [2.24, 2.45) is 0 Å². The lowest BCUT2D eigenvalue weighted by Crippen LogP contribution is -2.42. The third-order valence-electron chi connectivity index (χ3n) is 3.68. The molecule has 2 rings (SSSR count). The van der Waals surface area contributed by atoms with Crippen molar-refractivity contribution in [2.75, 3.05) is 18.1 Å². The second-order valence-corrected chi connectivity index (χ2v) is 8.07. The molecule has 136 valence electrons. The standard InChI is InChI=1S/C16H20N2O6S/c1-11(17-15(20)12-5-3-2-4-6-12)16(21)24-9-14(19)18-13-7-8-25(22,23)10-13/h2-6,11,13H,7-10H2,1H3,(H,17,20)(H,18,19)/t11-,13?/m0/s1. The van der Waals surface area contributed by atoms with Crippen molar-refractivity contribution in [1.82, 2.24) is 10.6 Å². The van der Waals surface area contributed by atoms with Gasteiger partial charge in [0.05, 0.1) is 11.5 Å². The van der Waals surface area contributed by atoms with Crippen molar-refractivity contribution >= 4 is 27.6 Å². The van der Waals surface area contributed by atoms with Gasteiger partial charge < -0.3 is 15.4 Å². The number of amides is 2. The van der Waals surface area contributed by atoms with E-state index in [0.29, 0.717) is 12.0 Å². The van der Waals surface area contributed by atoms with Crippen LogP contribution in [-0.2, 0) is 24.2 Å². The monoisotopic (exact) mass is 368 g/mol. The lowest BCUT2D eigenvalue weighted by atomic mass is 10.2. The largest absolute Gasteiger partial charge is 0.454 e. The van der Waals surface area contributed by atoms with Crippen LogP contribution < -0.4 is 10.6 Å². The molecule has 8 nitrogen and oxygen atoms in total. The predicted octanol–water partition coefficient (Wildman–Crippen LogP) is -0.349. The molecule has 0 radical (unpaired) electrons. The van der Waals surface area contributed by atoms with Crippen LogP contribution in [0.4, 0.5) is 0 Å². The first kappa shape index (κ1) is 18.9. The minimum Gasteiger partial charge on any atom is -0.454 e. The molecule has 1 aromatic rings. The summed E-state index contributed by atoms with van der Waals surface area (Å²) in [6.07, 6.45) is 0.353. The highest BCUT2D eigenvalue weighted by molar-refractivity contribution is 7.91. The maximum atomic E-state index is 11.9. The summed E-state index contributed by atoms with van der Waals surface area (Å²) in [6, 6.07) is 7.01. The first-order valence-electron chi connectivity index (χ1n) is 7.79. The van der Waals surface area contributed by atoms with Gasteiger partial charge in [0.1, 0.15) is 6.04 Å². The third-order valence-corrected chi connectivity index (χ3v) is 5.45. The quantitative estimate of drug-likeness (QED) is 0.663. The second-order valence-electron chi connectivity index (χ2n) is 5.84. The van der Waals surface area contributed by atoms with E-state index in [1.54, 1.807) is 30.3 Å². The van der Waals surface area contributed by atoms with Gasteiger partial charge in [0, 0.05) is 11.6 Å². The zero-order valence-corrected chi connectivity index (χ0v) is 14.5.